The zero-order chi connectivity index (χ0) is 11.7. The smallest absolute Gasteiger partial charge is 0.0687 e. The summed E-state index contributed by atoms with van der Waals surface area (Å²) in [5.74, 6) is 1.29. The van der Waals surface area contributed by atoms with Gasteiger partial charge in [0.15, 0.2) is 0 Å². The van der Waals surface area contributed by atoms with Crippen LogP contribution in [0.15, 0.2) is 0 Å². The van der Waals surface area contributed by atoms with Gasteiger partial charge in [0, 0.05) is 5.92 Å². The lowest BCUT2D eigenvalue weighted by atomic mass is 9.82. The van der Waals surface area contributed by atoms with E-state index < -0.39 is 0 Å². The number of ether oxygens (including phenoxy) is 1. The molecule has 0 saturated carbocycles. The van der Waals surface area contributed by atoms with Crippen LogP contribution in [-0.2, 0) is 4.74 Å². The fraction of sp³-hybridized carbons (Fsp3) is 1.00. The van der Waals surface area contributed by atoms with Gasteiger partial charge in [0.1, 0.15) is 0 Å². The highest BCUT2D eigenvalue weighted by atomic mass is 32.2. The van der Waals surface area contributed by atoms with Gasteiger partial charge in [-0.3, -0.25) is 0 Å². The van der Waals surface area contributed by atoms with Gasteiger partial charge in [0.05, 0.1) is 17.3 Å². The summed E-state index contributed by atoms with van der Waals surface area (Å²) in [6.45, 7) is 8.40. The lowest BCUT2D eigenvalue weighted by molar-refractivity contribution is -0.0875. The van der Waals surface area contributed by atoms with E-state index in [-0.39, 0.29) is 23.2 Å². The molecule has 0 aliphatic carbocycles. The maximum atomic E-state index is 10.2. The molecular formula is C12H24O2S. The Morgan fingerprint density at radius 1 is 1.40 bits per heavy atom. The average molecular weight is 232 g/mol. The van der Waals surface area contributed by atoms with Crippen molar-refractivity contribution in [3.63, 3.8) is 0 Å². The van der Waals surface area contributed by atoms with E-state index in [1.165, 1.54) is 0 Å². The van der Waals surface area contributed by atoms with Gasteiger partial charge in [-0.05, 0) is 52.5 Å². The molecule has 1 N–H and O–H groups in total. The summed E-state index contributed by atoms with van der Waals surface area (Å²) in [7, 11) is 0. The van der Waals surface area contributed by atoms with Crippen molar-refractivity contribution < 1.29 is 9.84 Å². The van der Waals surface area contributed by atoms with Crippen LogP contribution in [0, 0.1) is 5.92 Å². The molecule has 0 aromatic carbocycles. The number of hydrogen-bond acceptors (Lipinski definition) is 3. The number of thioether (sulfide) groups is 1. The van der Waals surface area contributed by atoms with Crippen molar-refractivity contribution in [1.82, 2.24) is 0 Å². The number of rotatable bonds is 4. The molecule has 0 amide bonds. The number of aliphatic hydroxyl groups excluding tert-OH is 1. The Bertz CT molecular complexity index is 214. The summed E-state index contributed by atoms with van der Waals surface area (Å²) in [6.07, 6.45) is 3.67. The minimum Gasteiger partial charge on any atom is -0.393 e. The van der Waals surface area contributed by atoms with Crippen LogP contribution in [0.3, 0.4) is 0 Å². The molecule has 15 heavy (non-hydrogen) atoms. The Hall–Kier alpha value is 0.270. The molecule has 2 unspecified atom stereocenters. The van der Waals surface area contributed by atoms with Crippen molar-refractivity contribution in [3.8, 4) is 0 Å². The Balaban J connectivity index is 2.61. The highest BCUT2D eigenvalue weighted by molar-refractivity contribution is 7.98. The molecule has 1 saturated heterocycles. The number of hydrogen-bond donors (Lipinski definition) is 1. The quantitative estimate of drug-likeness (QED) is 0.808. The van der Waals surface area contributed by atoms with Gasteiger partial charge in [-0.25, -0.2) is 0 Å². The highest BCUT2D eigenvalue weighted by Crippen LogP contribution is 2.44. The van der Waals surface area contributed by atoms with Crippen molar-refractivity contribution in [2.24, 2.45) is 5.92 Å². The van der Waals surface area contributed by atoms with Gasteiger partial charge in [-0.2, -0.15) is 11.8 Å². The lowest BCUT2D eigenvalue weighted by Gasteiger charge is -2.30. The van der Waals surface area contributed by atoms with E-state index in [4.69, 9.17) is 4.74 Å². The fourth-order valence-electron chi connectivity index (χ4n) is 2.64. The van der Waals surface area contributed by atoms with E-state index in [1.807, 2.05) is 0 Å². The lowest BCUT2D eigenvalue weighted by Crippen LogP contribution is -2.36. The average Bonchev–Trinajstić information content (AvgIpc) is 2.30. The summed E-state index contributed by atoms with van der Waals surface area (Å²) in [5, 5.41) is 10.2. The highest BCUT2D eigenvalue weighted by Gasteiger charge is 2.48. The van der Waals surface area contributed by atoms with Crippen LogP contribution >= 0.6 is 11.8 Å². The second-order valence-corrected chi connectivity index (χ2v) is 6.61. The van der Waals surface area contributed by atoms with Crippen LogP contribution < -0.4 is 0 Å². The molecule has 0 spiro atoms. The van der Waals surface area contributed by atoms with Gasteiger partial charge in [0.25, 0.3) is 0 Å². The molecule has 2 atom stereocenters. The molecule has 90 valence electrons. The zero-order valence-corrected chi connectivity index (χ0v) is 11.4. The summed E-state index contributed by atoms with van der Waals surface area (Å²) in [4.78, 5) is 0. The third-order valence-corrected chi connectivity index (χ3v) is 3.87. The molecule has 0 aromatic heterocycles. The minimum atomic E-state index is -0.228. The van der Waals surface area contributed by atoms with Gasteiger partial charge in [0.2, 0.25) is 0 Å². The maximum Gasteiger partial charge on any atom is 0.0687 e. The minimum absolute atomic E-state index is 0.0888. The van der Waals surface area contributed by atoms with Crippen LogP contribution in [0.1, 0.15) is 40.5 Å². The Morgan fingerprint density at radius 3 is 2.40 bits per heavy atom. The molecule has 1 heterocycles. The van der Waals surface area contributed by atoms with Crippen LogP contribution in [-0.4, -0.2) is 34.4 Å². The third-order valence-electron chi connectivity index (χ3n) is 3.23. The van der Waals surface area contributed by atoms with Gasteiger partial charge in [-0.15, -0.1) is 0 Å². The van der Waals surface area contributed by atoms with Crippen molar-refractivity contribution in [2.45, 2.75) is 57.8 Å². The number of aliphatic hydroxyl groups is 1. The Kier molecular flexibility index (Phi) is 4.13. The first-order valence-corrected chi connectivity index (χ1v) is 7.05. The maximum absolute atomic E-state index is 10.2. The molecular weight excluding hydrogens is 208 g/mol. The zero-order valence-electron chi connectivity index (χ0n) is 10.5. The van der Waals surface area contributed by atoms with Crippen molar-refractivity contribution in [3.05, 3.63) is 0 Å². The first-order chi connectivity index (χ1) is 6.78. The van der Waals surface area contributed by atoms with E-state index in [0.717, 1.165) is 18.6 Å². The predicted molar refractivity (Wildman–Crippen MR) is 66.4 cm³/mol. The first-order valence-electron chi connectivity index (χ1n) is 5.66. The first kappa shape index (κ1) is 13.3. The van der Waals surface area contributed by atoms with Gasteiger partial charge < -0.3 is 9.84 Å². The summed E-state index contributed by atoms with van der Waals surface area (Å²) >= 11 is 1.79. The SMILES string of the molecule is CSCCC(O)C1CC(C)(C)OC1(C)C. The summed E-state index contributed by atoms with van der Waals surface area (Å²) in [6, 6.07) is 0. The van der Waals surface area contributed by atoms with E-state index >= 15 is 0 Å². The van der Waals surface area contributed by atoms with Gasteiger partial charge >= 0.3 is 0 Å². The molecule has 1 rings (SSSR count). The van der Waals surface area contributed by atoms with Gasteiger partial charge in [-0.1, -0.05) is 0 Å². The molecule has 1 fully saturated rings. The second-order valence-electron chi connectivity index (χ2n) is 5.62. The van der Waals surface area contributed by atoms with E-state index in [2.05, 4.69) is 34.0 Å². The molecule has 0 radical (unpaired) electrons. The molecule has 0 aromatic rings. The molecule has 1 aliphatic heterocycles. The molecule has 0 bridgehead atoms. The molecule has 2 nitrogen and oxygen atoms in total. The summed E-state index contributed by atoms with van der Waals surface area (Å²) < 4.78 is 5.98. The van der Waals surface area contributed by atoms with Crippen LogP contribution in [0.25, 0.3) is 0 Å². The van der Waals surface area contributed by atoms with Crippen LogP contribution in [0.4, 0.5) is 0 Å². The topological polar surface area (TPSA) is 29.5 Å². The third kappa shape index (κ3) is 3.36. The van der Waals surface area contributed by atoms with Crippen molar-refractivity contribution in [1.29, 1.82) is 0 Å². The standard InChI is InChI=1S/C12H24O2S/c1-11(2)8-9(12(3,4)14-11)10(13)6-7-15-5/h9-10,13H,6-8H2,1-5H3. The van der Waals surface area contributed by atoms with E-state index in [1.54, 1.807) is 11.8 Å². The predicted octanol–water partition coefficient (Wildman–Crippen LogP) is 2.69. The van der Waals surface area contributed by atoms with Crippen LogP contribution in [0.2, 0.25) is 0 Å². The fourth-order valence-corrected chi connectivity index (χ4v) is 3.12. The monoisotopic (exact) mass is 232 g/mol. The second kappa shape index (κ2) is 4.64. The Labute approximate surface area is 97.8 Å². The normalized spacial score (nSPS) is 30.4. The van der Waals surface area contributed by atoms with Crippen molar-refractivity contribution in [2.75, 3.05) is 12.0 Å². The Morgan fingerprint density at radius 2 is 2.00 bits per heavy atom. The molecule has 3 heteroatoms. The van der Waals surface area contributed by atoms with E-state index in [9.17, 15) is 5.11 Å². The largest absolute Gasteiger partial charge is 0.393 e. The summed E-state index contributed by atoms with van der Waals surface area (Å²) in [5.41, 5.74) is -0.282. The van der Waals surface area contributed by atoms with Crippen molar-refractivity contribution >= 4 is 11.8 Å². The van der Waals surface area contributed by atoms with Crippen LogP contribution in [0.5, 0.6) is 0 Å². The van der Waals surface area contributed by atoms with E-state index in [0.29, 0.717) is 0 Å². The molecule has 1 aliphatic rings.